The average molecular weight is 333 g/mol. The number of halogens is 1. The topological polar surface area (TPSA) is 62.1 Å². The number of carbonyl (C=O) groups excluding carboxylic acids is 1. The van der Waals surface area contributed by atoms with E-state index in [0.717, 1.165) is 4.90 Å². The van der Waals surface area contributed by atoms with E-state index >= 15 is 0 Å². The molecule has 0 aromatic heterocycles. The smallest absolute Gasteiger partial charge is 0.234 e. The first kappa shape index (κ1) is 16.2. The predicted molar refractivity (Wildman–Crippen MR) is 88.5 cm³/mol. The number of methoxy groups -OCH3 is 1. The average Bonchev–Trinajstić information content (AvgIpc) is 2.55. The van der Waals surface area contributed by atoms with Crippen molar-refractivity contribution in [1.82, 2.24) is 0 Å². The van der Waals surface area contributed by atoms with Crippen LogP contribution in [0.4, 0.5) is 5.69 Å². The summed E-state index contributed by atoms with van der Waals surface area (Å²) in [5.41, 5.74) is 1.11. The summed E-state index contributed by atoms with van der Waals surface area (Å²) in [4.78, 5) is 12.9. The van der Waals surface area contributed by atoms with E-state index in [1.54, 1.807) is 37.4 Å². The van der Waals surface area contributed by atoms with Crippen LogP contribution in [0, 0.1) is 11.3 Å². The predicted octanol–water partition coefficient (Wildman–Crippen LogP) is 3.95. The first-order valence-electron chi connectivity index (χ1n) is 6.38. The number of hydrogen-bond donors (Lipinski definition) is 1. The fourth-order valence-electron chi connectivity index (χ4n) is 1.69. The van der Waals surface area contributed by atoms with Crippen LogP contribution in [0.3, 0.4) is 0 Å². The summed E-state index contributed by atoms with van der Waals surface area (Å²) in [7, 11) is 1.55. The van der Waals surface area contributed by atoms with Crippen molar-refractivity contribution < 1.29 is 9.53 Å². The highest BCUT2D eigenvalue weighted by Gasteiger charge is 2.08. The molecule has 1 N–H and O–H groups in total. The van der Waals surface area contributed by atoms with Gasteiger partial charge in [-0.2, -0.15) is 5.26 Å². The number of thioether (sulfide) groups is 1. The molecule has 0 fully saturated rings. The lowest BCUT2D eigenvalue weighted by Gasteiger charge is -2.09. The molecule has 0 unspecified atom stereocenters. The Morgan fingerprint density at radius 2 is 2.05 bits per heavy atom. The number of nitriles is 1. The highest BCUT2D eigenvalue weighted by atomic mass is 35.5. The lowest BCUT2D eigenvalue weighted by atomic mass is 10.2. The fourth-order valence-corrected chi connectivity index (χ4v) is 2.55. The number of nitrogens with zero attached hydrogens (tertiary/aromatic N) is 1. The standard InChI is InChI=1S/C16H13ClN2O2S/c1-21-12-4-7-14(17)15(8-12)19-16(20)10-22-13-5-2-11(9-18)3-6-13/h2-8H,10H2,1H3,(H,19,20). The number of rotatable bonds is 5. The van der Waals surface area contributed by atoms with Crippen LogP contribution in [-0.4, -0.2) is 18.8 Å². The third-order valence-electron chi connectivity index (χ3n) is 2.80. The second-order valence-electron chi connectivity index (χ2n) is 4.32. The van der Waals surface area contributed by atoms with Gasteiger partial charge in [-0.3, -0.25) is 4.79 Å². The molecule has 0 saturated heterocycles. The van der Waals surface area contributed by atoms with Gasteiger partial charge in [-0.15, -0.1) is 11.8 Å². The van der Waals surface area contributed by atoms with Crippen LogP contribution in [-0.2, 0) is 4.79 Å². The molecule has 22 heavy (non-hydrogen) atoms. The molecule has 0 aliphatic heterocycles. The molecular weight excluding hydrogens is 320 g/mol. The van der Waals surface area contributed by atoms with E-state index in [-0.39, 0.29) is 11.7 Å². The lowest BCUT2D eigenvalue weighted by molar-refractivity contribution is -0.113. The minimum atomic E-state index is -0.162. The van der Waals surface area contributed by atoms with Crippen molar-refractivity contribution in [1.29, 1.82) is 5.26 Å². The summed E-state index contributed by atoms with van der Waals surface area (Å²) in [5, 5.41) is 11.9. The van der Waals surface area contributed by atoms with Gasteiger partial charge in [-0.05, 0) is 36.4 Å². The minimum Gasteiger partial charge on any atom is -0.497 e. The summed E-state index contributed by atoms with van der Waals surface area (Å²) in [6, 6.07) is 14.2. The van der Waals surface area contributed by atoms with Crippen LogP contribution < -0.4 is 10.1 Å². The minimum absolute atomic E-state index is 0.162. The van der Waals surface area contributed by atoms with Gasteiger partial charge in [0, 0.05) is 11.0 Å². The van der Waals surface area contributed by atoms with Crippen LogP contribution in [0.25, 0.3) is 0 Å². The molecule has 0 aliphatic carbocycles. The first-order chi connectivity index (χ1) is 10.6. The van der Waals surface area contributed by atoms with E-state index in [9.17, 15) is 4.79 Å². The molecule has 2 aromatic carbocycles. The van der Waals surface area contributed by atoms with Gasteiger partial charge in [0.25, 0.3) is 0 Å². The number of carbonyl (C=O) groups is 1. The van der Waals surface area contributed by atoms with Crippen molar-refractivity contribution in [3.63, 3.8) is 0 Å². The van der Waals surface area contributed by atoms with Gasteiger partial charge < -0.3 is 10.1 Å². The molecule has 0 aliphatic rings. The van der Waals surface area contributed by atoms with Crippen LogP contribution in [0.1, 0.15) is 5.56 Å². The maximum Gasteiger partial charge on any atom is 0.234 e. The van der Waals surface area contributed by atoms with Crippen LogP contribution in [0.2, 0.25) is 5.02 Å². The Labute approximate surface area is 138 Å². The van der Waals surface area contributed by atoms with E-state index in [1.807, 2.05) is 12.1 Å². The van der Waals surface area contributed by atoms with Crippen LogP contribution >= 0.6 is 23.4 Å². The summed E-state index contributed by atoms with van der Waals surface area (Å²) in [6.45, 7) is 0. The Morgan fingerprint density at radius 1 is 1.32 bits per heavy atom. The molecule has 0 spiro atoms. The second-order valence-corrected chi connectivity index (χ2v) is 5.77. The Balaban J connectivity index is 1.94. The molecule has 112 valence electrons. The molecule has 6 heteroatoms. The summed E-state index contributed by atoms with van der Waals surface area (Å²) in [5.74, 6) is 0.711. The van der Waals surface area contributed by atoms with E-state index in [1.165, 1.54) is 11.8 Å². The van der Waals surface area contributed by atoms with E-state index in [4.69, 9.17) is 21.6 Å². The highest BCUT2D eigenvalue weighted by Crippen LogP contribution is 2.27. The number of anilines is 1. The van der Waals surface area contributed by atoms with Crippen LogP contribution in [0.5, 0.6) is 5.75 Å². The van der Waals surface area contributed by atoms with Gasteiger partial charge in [-0.25, -0.2) is 0 Å². The van der Waals surface area contributed by atoms with Gasteiger partial charge in [0.15, 0.2) is 0 Å². The monoisotopic (exact) mass is 332 g/mol. The number of hydrogen-bond acceptors (Lipinski definition) is 4. The quantitative estimate of drug-likeness (QED) is 0.842. The molecule has 0 bridgehead atoms. The van der Waals surface area contributed by atoms with Crippen molar-refractivity contribution in [3.8, 4) is 11.8 Å². The molecule has 0 atom stereocenters. The summed E-state index contributed by atoms with van der Waals surface area (Å²) >= 11 is 7.43. The lowest BCUT2D eigenvalue weighted by Crippen LogP contribution is -2.14. The Kier molecular flexibility index (Phi) is 5.70. The Bertz CT molecular complexity index is 711. The van der Waals surface area contributed by atoms with E-state index < -0.39 is 0 Å². The van der Waals surface area contributed by atoms with Gasteiger partial charge in [-0.1, -0.05) is 11.6 Å². The van der Waals surface area contributed by atoms with Gasteiger partial charge in [0.05, 0.1) is 35.2 Å². The number of amides is 1. The van der Waals surface area contributed by atoms with Gasteiger partial charge >= 0.3 is 0 Å². The molecule has 4 nitrogen and oxygen atoms in total. The Morgan fingerprint density at radius 3 is 2.68 bits per heavy atom. The third-order valence-corrected chi connectivity index (χ3v) is 4.14. The molecule has 2 aromatic rings. The zero-order valence-electron chi connectivity index (χ0n) is 11.8. The zero-order chi connectivity index (χ0) is 15.9. The van der Waals surface area contributed by atoms with Crippen molar-refractivity contribution in [3.05, 3.63) is 53.1 Å². The van der Waals surface area contributed by atoms with Crippen molar-refractivity contribution >= 4 is 35.0 Å². The number of nitrogens with one attached hydrogen (secondary N) is 1. The largest absolute Gasteiger partial charge is 0.497 e. The molecule has 1 amide bonds. The Hall–Kier alpha value is -2.16. The van der Waals surface area contributed by atoms with Gasteiger partial charge in [0.1, 0.15) is 5.75 Å². The first-order valence-corrected chi connectivity index (χ1v) is 7.75. The van der Waals surface area contributed by atoms with Crippen molar-refractivity contribution in [2.75, 3.05) is 18.2 Å². The zero-order valence-corrected chi connectivity index (χ0v) is 13.4. The number of ether oxygens (including phenoxy) is 1. The molecule has 0 saturated carbocycles. The highest BCUT2D eigenvalue weighted by molar-refractivity contribution is 8.00. The van der Waals surface area contributed by atoms with Crippen molar-refractivity contribution in [2.45, 2.75) is 4.90 Å². The maximum absolute atomic E-state index is 12.0. The summed E-state index contributed by atoms with van der Waals surface area (Å²) in [6.07, 6.45) is 0. The third kappa shape index (κ3) is 4.42. The van der Waals surface area contributed by atoms with Crippen LogP contribution in [0.15, 0.2) is 47.4 Å². The molecular formula is C16H13ClN2O2S. The molecule has 2 rings (SSSR count). The molecule has 0 radical (unpaired) electrons. The normalized spacial score (nSPS) is 9.86. The SMILES string of the molecule is COc1ccc(Cl)c(NC(=O)CSc2ccc(C#N)cc2)c1. The summed E-state index contributed by atoms with van der Waals surface area (Å²) < 4.78 is 5.10. The van der Waals surface area contributed by atoms with E-state index in [2.05, 4.69) is 11.4 Å². The van der Waals surface area contributed by atoms with E-state index in [0.29, 0.717) is 22.0 Å². The van der Waals surface area contributed by atoms with Gasteiger partial charge in [0.2, 0.25) is 5.91 Å². The second kappa shape index (κ2) is 7.74. The number of benzene rings is 2. The fraction of sp³-hybridized carbons (Fsp3) is 0.125. The van der Waals surface area contributed by atoms with Crippen molar-refractivity contribution in [2.24, 2.45) is 0 Å². The maximum atomic E-state index is 12.0. The molecule has 0 heterocycles.